The van der Waals surface area contributed by atoms with Gasteiger partial charge >= 0.3 is 0 Å². The fourth-order valence-electron chi connectivity index (χ4n) is 4.20. The first kappa shape index (κ1) is 17.7. The van der Waals surface area contributed by atoms with Gasteiger partial charge in [-0.05, 0) is 11.1 Å². The molecule has 4 nitrogen and oxygen atoms in total. The quantitative estimate of drug-likeness (QED) is 0.825. The molecule has 2 aromatic rings. The summed E-state index contributed by atoms with van der Waals surface area (Å²) in [7, 11) is 0. The molecule has 138 valence electrons. The van der Waals surface area contributed by atoms with Crippen molar-refractivity contribution in [3.05, 3.63) is 71.8 Å². The zero-order valence-electron chi connectivity index (χ0n) is 15.3. The fourth-order valence-corrected chi connectivity index (χ4v) is 4.20. The molecule has 0 radical (unpaired) electrons. The molecule has 2 unspecified atom stereocenters. The van der Waals surface area contributed by atoms with Crippen LogP contribution in [0.5, 0.6) is 0 Å². The second-order valence-corrected chi connectivity index (χ2v) is 7.01. The van der Waals surface area contributed by atoms with Gasteiger partial charge in [0.25, 0.3) is 0 Å². The Morgan fingerprint density at radius 2 is 0.885 bits per heavy atom. The Kier molecular flexibility index (Phi) is 5.97. The molecule has 4 rings (SSSR count). The van der Waals surface area contributed by atoms with Crippen LogP contribution in [0.3, 0.4) is 0 Å². The third-order valence-corrected chi connectivity index (χ3v) is 5.46. The summed E-state index contributed by atoms with van der Waals surface area (Å²) in [4.78, 5) is 5.21. The summed E-state index contributed by atoms with van der Waals surface area (Å²) in [5.74, 6) is 0. The van der Waals surface area contributed by atoms with Gasteiger partial charge in [0.15, 0.2) is 0 Å². The Bertz CT molecular complexity index is 593. The standard InChI is InChI=1S/C22H28N2O2/c1-3-7-19(8-4-1)21(23-11-15-25-16-12-23)22(20-9-5-2-6-10-20)24-13-17-26-18-14-24/h1-10,21-22H,11-18H2. The first-order valence-corrected chi connectivity index (χ1v) is 9.67. The van der Waals surface area contributed by atoms with Gasteiger partial charge in [0.2, 0.25) is 0 Å². The van der Waals surface area contributed by atoms with E-state index in [2.05, 4.69) is 70.5 Å². The maximum Gasteiger partial charge on any atom is 0.0594 e. The normalized spacial score (nSPS) is 22.0. The molecule has 2 saturated heterocycles. The van der Waals surface area contributed by atoms with E-state index in [1.807, 2.05) is 0 Å². The molecule has 0 aromatic heterocycles. The van der Waals surface area contributed by atoms with Crippen molar-refractivity contribution in [2.45, 2.75) is 12.1 Å². The van der Waals surface area contributed by atoms with Crippen LogP contribution in [0.4, 0.5) is 0 Å². The number of hydrogen-bond donors (Lipinski definition) is 0. The van der Waals surface area contributed by atoms with E-state index in [1.54, 1.807) is 0 Å². The van der Waals surface area contributed by atoms with Gasteiger partial charge in [-0.25, -0.2) is 0 Å². The Morgan fingerprint density at radius 3 is 1.23 bits per heavy atom. The lowest BCUT2D eigenvalue weighted by Crippen LogP contribution is -2.48. The minimum atomic E-state index is 0.320. The first-order chi connectivity index (χ1) is 12.9. The smallest absolute Gasteiger partial charge is 0.0594 e. The van der Waals surface area contributed by atoms with Gasteiger partial charge in [0, 0.05) is 26.2 Å². The molecule has 26 heavy (non-hydrogen) atoms. The van der Waals surface area contributed by atoms with E-state index in [1.165, 1.54) is 11.1 Å². The maximum absolute atomic E-state index is 5.64. The lowest BCUT2D eigenvalue weighted by molar-refractivity contribution is -0.0376. The summed E-state index contributed by atoms with van der Waals surface area (Å²) in [5.41, 5.74) is 2.77. The van der Waals surface area contributed by atoms with Crippen molar-refractivity contribution >= 4 is 0 Å². The summed E-state index contributed by atoms with van der Waals surface area (Å²) in [6.07, 6.45) is 0. The van der Waals surface area contributed by atoms with E-state index in [0.29, 0.717) is 12.1 Å². The molecule has 2 aromatic carbocycles. The van der Waals surface area contributed by atoms with Crippen molar-refractivity contribution in [3.63, 3.8) is 0 Å². The molecule has 4 heteroatoms. The topological polar surface area (TPSA) is 24.9 Å². The fraction of sp³-hybridized carbons (Fsp3) is 0.455. The van der Waals surface area contributed by atoms with Gasteiger partial charge in [-0.3, -0.25) is 9.80 Å². The molecule has 2 aliphatic heterocycles. The van der Waals surface area contributed by atoms with Crippen LogP contribution >= 0.6 is 0 Å². The largest absolute Gasteiger partial charge is 0.379 e. The number of nitrogens with zero attached hydrogens (tertiary/aromatic N) is 2. The molecule has 0 amide bonds. The predicted octanol–water partition coefficient (Wildman–Crippen LogP) is 3.13. The van der Waals surface area contributed by atoms with Crippen LogP contribution in [0.15, 0.2) is 60.7 Å². The van der Waals surface area contributed by atoms with Gasteiger partial charge in [-0.1, -0.05) is 60.7 Å². The zero-order valence-corrected chi connectivity index (χ0v) is 15.3. The average Bonchev–Trinajstić information content (AvgIpc) is 2.74. The lowest BCUT2D eigenvalue weighted by atomic mass is 9.90. The molecule has 2 heterocycles. The number of hydrogen-bond acceptors (Lipinski definition) is 4. The number of benzene rings is 2. The summed E-state index contributed by atoms with van der Waals surface area (Å²) in [6, 6.07) is 22.6. The summed E-state index contributed by atoms with van der Waals surface area (Å²) >= 11 is 0. The molecule has 2 fully saturated rings. The van der Waals surface area contributed by atoms with Crippen LogP contribution in [0.2, 0.25) is 0 Å². The van der Waals surface area contributed by atoms with Crippen LogP contribution in [-0.2, 0) is 9.47 Å². The predicted molar refractivity (Wildman–Crippen MR) is 103 cm³/mol. The van der Waals surface area contributed by atoms with Crippen molar-refractivity contribution in [1.29, 1.82) is 0 Å². The van der Waals surface area contributed by atoms with Gasteiger partial charge in [-0.15, -0.1) is 0 Å². The lowest BCUT2D eigenvalue weighted by Gasteiger charge is -2.45. The molecule has 2 atom stereocenters. The first-order valence-electron chi connectivity index (χ1n) is 9.67. The highest BCUT2D eigenvalue weighted by atomic mass is 16.5. The summed E-state index contributed by atoms with van der Waals surface area (Å²) in [5, 5.41) is 0. The van der Waals surface area contributed by atoms with Crippen molar-refractivity contribution in [2.75, 3.05) is 52.6 Å². The third kappa shape index (κ3) is 3.99. The number of ether oxygens (including phenoxy) is 2. The van der Waals surface area contributed by atoms with Crippen LogP contribution < -0.4 is 0 Å². The minimum absolute atomic E-state index is 0.320. The Morgan fingerprint density at radius 1 is 0.538 bits per heavy atom. The van der Waals surface area contributed by atoms with E-state index in [-0.39, 0.29) is 0 Å². The van der Waals surface area contributed by atoms with Crippen LogP contribution in [0, 0.1) is 0 Å². The molecule has 0 saturated carbocycles. The van der Waals surface area contributed by atoms with E-state index in [4.69, 9.17) is 9.47 Å². The van der Waals surface area contributed by atoms with Crippen molar-refractivity contribution < 1.29 is 9.47 Å². The number of rotatable bonds is 5. The average molecular weight is 352 g/mol. The number of morpholine rings is 2. The summed E-state index contributed by atoms with van der Waals surface area (Å²) in [6.45, 7) is 7.17. The molecular formula is C22H28N2O2. The van der Waals surface area contributed by atoms with Crippen molar-refractivity contribution in [2.24, 2.45) is 0 Å². The van der Waals surface area contributed by atoms with Gasteiger partial charge in [0.1, 0.15) is 0 Å². The highest BCUT2D eigenvalue weighted by Gasteiger charge is 2.35. The Balaban J connectivity index is 1.74. The summed E-state index contributed by atoms with van der Waals surface area (Å²) < 4.78 is 11.3. The third-order valence-electron chi connectivity index (χ3n) is 5.46. The molecule has 0 bridgehead atoms. The van der Waals surface area contributed by atoms with Crippen LogP contribution in [-0.4, -0.2) is 62.4 Å². The van der Waals surface area contributed by atoms with Crippen LogP contribution in [0.1, 0.15) is 23.2 Å². The zero-order chi connectivity index (χ0) is 17.6. The second-order valence-electron chi connectivity index (χ2n) is 7.01. The molecular weight excluding hydrogens is 324 g/mol. The van der Waals surface area contributed by atoms with E-state index in [0.717, 1.165) is 52.6 Å². The van der Waals surface area contributed by atoms with Crippen molar-refractivity contribution in [1.82, 2.24) is 9.80 Å². The van der Waals surface area contributed by atoms with Crippen LogP contribution in [0.25, 0.3) is 0 Å². The van der Waals surface area contributed by atoms with Gasteiger partial charge in [-0.2, -0.15) is 0 Å². The van der Waals surface area contributed by atoms with Gasteiger partial charge < -0.3 is 9.47 Å². The minimum Gasteiger partial charge on any atom is -0.379 e. The van der Waals surface area contributed by atoms with E-state index < -0.39 is 0 Å². The molecule has 0 aliphatic carbocycles. The van der Waals surface area contributed by atoms with E-state index in [9.17, 15) is 0 Å². The Labute approximate surface area is 156 Å². The monoisotopic (exact) mass is 352 g/mol. The van der Waals surface area contributed by atoms with Crippen molar-refractivity contribution in [3.8, 4) is 0 Å². The van der Waals surface area contributed by atoms with Gasteiger partial charge in [0.05, 0.1) is 38.5 Å². The van der Waals surface area contributed by atoms with E-state index >= 15 is 0 Å². The molecule has 0 spiro atoms. The maximum atomic E-state index is 5.64. The Hall–Kier alpha value is -1.72. The SMILES string of the molecule is c1ccc(C(C(c2ccccc2)N2CCOCC2)N2CCOCC2)cc1. The highest BCUT2D eigenvalue weighted by Crippen LogP contribution is 2.39. The molecule has 2 aliphatic rings. The second kappa shape index (κ2) is 8.78. The molecule has 0 N–H and O–H groups in total. The highest BCUT2D eigenvalue weighted by molar-refractivity contribution is 5.28.